The van der Waals surface area contributed by atoms with Crippen LogP contribution in [0.25, 0.3) is 11.3 Å². The molecule has 0 radical (unpaired) electrons. The van der Waals surface area contributed by atoms with Crippen molar-refractivity contribution in [2.24, 2.45) is 0 Å². The van der Waals surface area contributed by atoms with Crippen molar-refractivity contribution < 1.29 is 9.59 Å². The zero-order valence-electron chi connectivity index (χ0n) is 12.3. The second-order valence-electron chi connectivity index (χ2n) is 5.37. The van der Waals surface area contributed by atoms with Crippen molar-refractivity contribution >= 4 is 23.2 Å². The van der Waals surface area contributed by atoms with E-state index in [-0.39, 0.29) is 11.8 Å². The van der Waals surface area contributed by atoms with Gasteiger partial charge in [0, 0.05) is 23.7 Å². The first-order chi connectivity index (χ1) is 10.6. The van der Waals surface area contributed by atoms with Crippen LogP contribution in [-0.4, -0.2) is 34.4 Å². The Kier molecular flexibility index (Phi) is 4.24. The average Bonchev–Trinajstić information content (AvgIpc) is 3.09. The summed E-state index contributed by atoms with van der Waals surface area (Å²) in [6, 6.07) is 1.31. The van der Waals surface area contributed by atoms with Crippen molar-refractivity contribution in [2.45, 2.75) is 32.2 Å². The standard InChI is InChI=1S/C15H18N4O2S/c1-9-18-13(8-22-9)10-6-12(17-7-10)15(21)19-11-4-2-3-5-16-14(11)20/h6-8,11,17H,2-5H2,1H3,(H,16,20)(H,19,21)/t11-/m0/s1. The van der Waals surface area contributed by atoms with E-state index in [9.17, 15) is 9.59 Å². The van der Waals surface area contributed by atoms with Gasteiger partial charge in [-0.1, -0.05) is 0 Å². The van der Waals surface area contributed by atoms with E-state index in [2.05, 4.69) is 20.6 Å². The van der Waals surface area contributed by atoms with Gasteiger partial charge in [0.1, 0.15) is 11.7 Å². The Morgan fingerprint density at radius 1 is 1.45 bits per heavy atom. The van der Waals surface area contributed by atoms with Crippen LogP contribution < -0.4 is 10.6 Å². The van der Waals surface area contributed by atoms with Crippen molar-refractivity contribution in [2.75, 3.05) is 6.54 Å². The Morgan fingerprint density at radius 2 is 2.32 bits per heavy atom. The van der Waals surface area contributed by atoms with Crippen molar-refractivity contribution in [1.82, 2.24) is 20.6 Å². The topological polar surface area (TPSA) is 86.9 Å². The van der Waals surface area contributed by atoms with Crippen LogP contribution >= 0.6 is 11.3 Å². The Hall–Kier alpha value is -2.15. The second-order valence-corrected chi connectivity index (χ2v) is 6.43. The Balaban J connectivity index is 1.70. The fourth-order valence-corrected chi connectivity index (χ4v) is 3.10. The van der Waals surface area contributed by atoms with Gasteiger partial charge in [-0.25, -0.2) is 4.98 Å². The molecule has 0 aromatic carbocycles. The quantitative estimate of drug-likeness (QED) is 0.807. The van der Waals surface area contributed by atoms with E-state index in [0.717, 1.165) is 29.1 Å². The molecule has 1 aliphatic heterocycles. The number of nitrogens with one attached hydrogen (secondary N) is 3. The highest BCUT2D eigenvalue weighted by atomic mass is 32.1. The van der Waals surface area contributed by atoms with Crippen LogP contribution in [0, 0.1) is 6.92 Å². The van der Waals surface area contributed by atoms with Crippen LogP contribution in [0.3, 0.4) is 0 Å². The van der Waals surface area contributed by atoms with Crippen molar-refractivity contribution in [3.8, 4) is 11.3 Å². The minimum absolute atomic E-state index is 0.104. The molecule has 1 atom stereocenters. The fourth-order valence-electron chi connectivity index (χ4n) is 2.48. The van der Waals surface area contributed by atoms with Gasteiger partial charge in [-0.3, -0.25) is 9.59 Å². The number of rotatable bonds is 3. The summed E-state index contributed by atoms with van der Waals surface area (Å²) in [4.78, 5) is 31.5. The lowest BCUT2D eigenvalue weighted by molar-refractivity contribution is -0.122. The predicted octanol–water partition coefficient (Wildman–Crippen LogP) is 1.85. The second kappa shape index (κ2) is 6.31. The van der Waals surface area contributed by atoms with Crippen LogP contribution in [0.15, 0.2) is 17.6 Å². The van der Waals surface area contributed by atoms with E-state index in [1.807, 2.05) is 12.3 Å². The van der Waals surface area contributed by atoms with Crippen LogP contribution in [0.2, 0.25) is 0 Å². The fraction of sp³-hybridized carbons (Fsp3) is 0.400. The molecule has 3 rings (SSSR count). The van der Waals surface area contributed by atoms with Crippen LogP contribution in [-0.2, 0) is 4.79 Å². The highest BCUT2D eigenvalue weighted by Crippen LogP contribution is 2.22. The van der Waals surface area contributed by atoms with E-state index in [1.165, 1.54) is 0 Å². The first-order valence-electron chi connectivity index (χ1n) is 7.33. The third kappa shape index (κ3) is 3.19. The highest BCUT2D eigenvalue weighted by molar-refractivity contribution is 7.09. The van der Waals surface area contributed by atoms with Gasteiger partial charge in [0.15, 0.2) is 0 Å². The van der Waals surface area contributed by atoms with Crippen molar-refractivity contribution in [3.05, 3.63) is 28.3 Å². The Bertz CT molecular complexity index is 691. The van der Waals surface area contributed by atoms with Gasteiger partial charge in [-0.2, -0.15) is 0 Å². The van der Waals surface area contributed by atoms with Gasteiger partial charge in [-0.05, 0) is 32.3 Å². The number of thiazole rings is 1. The molecule has 116 valence electrons. The van der Waals surface area contributed by atoms with Crippen LogP contribution in [0.4, 0.5) is 0 Å². The van der Waals surface area contributed by atoms with E-state index in [4.69, 9.17) is 0 Å². The number of aromatic nitrogens is 2. The molecule has 0 aliphatic carbocycles. The monoisotopic (exact) mass is 318 g/mol. The van der Waals surface area contributed by atoms with Gasteiger partial charge in [0.2, 0.25) is 5.91 Å². The third-order valence-corrected chi connectivity index (χ3v) is 4.46. The number of carbonyl (C=O) groups excluding carboxylic acids is 2. The molecule has 0 unspecified atom stereocenters. The van der Waals surface area contributed by atoms with Gasteiger partial charge in [0.05, 0.1) is 10.7 Å². The summed E-state index contributed by atoms with van der Waals surface area (Å²) in [5, 5.41) is 8.55. The summed E-state index contributed by atoms with van der Waals surface area (Å²) in [6.07, 6.45) is 4.32. The summed E-state index contributed by atoms with van der Waals surface area (Å²) in [6.45, 7) is 2.63. The maximum absolute atomic E-state index is 12.3. The molecule has 1 saturated heterocycles. The SMILES string of the molecule is Cc1nc(-c2c[nH]c(C(=O)N[C@H]3CCCCNC3=O)c2)cs1. The maximum Gasteiger partial charge on any atom is 0.268 e. The van der Waals surface area contributed by atoms with E-state index in [0.29, 0.717) is 18.7 Å². The predicted molar refractivity (Wildman–Crippen MR) is 84.8 cm³/mol. The zero-order chi connectivity index (χ0) is 15.5. The number of H-pyrrole nitrogens is 1. The molecule has 2 aromatic rings. The van der Waals surface area contributed by atoms with Crippen LogP contribution in [0.1, 0.15) is 34.8 Å². The molecule has 3 heterocycles. The number of nitrogens with zero attached hydrogens (tertiary/aromatic N) is 1. The average molecular weight is 318 g/mol. The van der Waals surface area contributed by atoms with Gasteiger partial charge in [-0.15, -0.1) is 11.3 Å². The Morgan fingerprint density at radius 3 is 3.09 bits per heavy atom. The maximum atomic E-state index is 12.3. The van der Waals surface area contributed by atoms with Gasteiger partial charge in [0.25, 0.3) is 5.91 Å². The molecule has 6 nitrogen and oxygen atoms in total. The molecule has 3 N–H and O–H groups in total. The van der Waals surface area contributed by atoms with E-state index < -0.39 is 6.04 Å². The number of hydrogen-bond donors (Lipinski definition) is 3. The van der Waals surface area contributed by atoms with E-state index >= 15 is 0 Å². The molecule has 1 fully saturated rings. The van der Waals surface area contributed by atoms with E-state index in [1.54, 1.807) is 23.6 Å². The molecule has 0 saturated carbocycles. The number of aryl methyl sites for hydroxylation is 1. The lowest BCUT2D eigenvalue weighted by Gasteiger charge is -2.14. The number of carbonyl (C=O) groups is 2. The molecule has 2 amide bonds. The first-order valence-corrected chi connectivity index (χ1v) is 8.21. The summed E-state index contributed by atoms with van der Waals surface area (Å²) in [5.74, 6) is -0.368. The highest BCUT2D eigenvalue weighted by Gasteiger charge is 2.23. The molecular formula is C15H18N4O2S. The van der Waals surface area contributed by atoms with Crippen LogP contribution in [0.5, 0.6) is 0 Å². The smallest absolute Gasteiger partial charge is 0.268 e. The normalized spacial score (nSPS) is 18.6. The molecule has 0 spiro atoms. The molecule has 7 heteroatoms. The summed E-state index contributed by atoms with van der Waals surface area (Å²) < 4.78 is 0. The zero-order valence-corrected chi connectivity index (χ0v) is 13.1. The molecule has 0 bridgehead atoms. The number of hydrogen-bond acceptors (Lipinski definition) is 4. The third-order valence-electron chi connectivity index (χ3n) is 3.68. The largest absolute Gasteiger partial charge is 0.357 e. The Labute approximate surface area is 132 Å². The lowest BCUT2D eigenvalue weighted by atomic mass is 10.1. The summed E-state index contributed by atoms with van der Waals surface area (Å²) in [5.41, 5.74) is 2.17. The molecule has 1 aliphatic rings. The van der Waals surface area contributed by atoms with Gasteiger partial charge >= 0.3 is 0 Å². The molecule has 22 heavy (non-hydrogen) atoms. The summed E-state index contributed by atoms with van der Waals surface area (Å²) >= 11 is 1.57. The molecule has 2 aromatic heterocycles. The number of amides is 2. The lowest BCUT2D eigenvalue weighted by Crippen LogP contribution is -2.45. The number of aromatic amines is 1. The van der Waals surface area contributed by atoms with Gasteiger partial charge < -0.3 is 15.6 Å². The molecular weight excluding hydrogens is 300 g/mol. The minimum atomic E-state index is -0.455. The summed E-state index contributed by atoms with van der Waals surface area (Å²) in [7, 11) is 0. The van der Waals surface area contributed by atoms with Crippen molar-refractivity contribution in [1.29, 1.82) is 0 Å². The first kappa shape index (κ1) is 14.8. The van der Waals surface area contributed by atoms with Crippen molar-refractivity contribution in [3.63, 3.8) is 0 Å². The minimum Gasteiger partial charge on any atom is -0.357 e.